The van der Waals surface area contributed by atoms with E-state index in [1.807, 2.05) is 6.92 Å². The highest BCUT2D eigenvalue weighted by molar-refractivity contribution is 5.80. The van der Waals surface area contributed by atoms with Crippen molar-refractivity contribution in [2.45, 2.75) is 38.4 Å². The number of halogens is 3. The molecule has 0 saturated carbocycles. The van der Waals surface area contributed by atoms with E-state index in [9.17, 15) is 13.2 Å². The lowest BCUT2D eigenvalue weighted by molar-refractivity contribution is -0.143. The molecule has 0 radical (unpaired) electrons. The largest absolute Gasteiger partial charge is 0.401 e. The zero-order chi connectivity index (χ0) is 15.7. The summed E-state index contributed by atoms with van der Waals surface area (Å²) in [7, 11) is 1.48. The van der Waals surface area contributed by atoms with E-state index in [0.29, 0.717) is 25.6 Å². The van der Waals surface area contributed by atoms with E-state index in [1.54, 1.807) is 0 Å². The molecule has 0 amide bonds. The average molecular weight is 306 g/mol. The summed E-state index contributed by atoms with van der Waals surface area (Å²) < 4.78 is 36.5. The van der Waals surface area contributed by atoms with Crippen LogP contribution in [0.15, 0.2) is 17.1 Å². The molecule has 0 aromatic heterocycles. The summed E-state index contributed by atoms with van der Waals surface area (Å²) in [6.07, 6.45) is 2.70. The van der Waals surface area contributed by atoms with Gasteiger partial charge in [0.2, 0.25) is 0 Å². The highest BCUT2D eigenvalue weighted by atomic mass is 19.4. The molecule has 0 aromatic carbocycles. The van der Waals surface area contributed by atoms with Gasteiger partial charge in [-0.1, -0.05) is 12.2 Å². The second-order valence-corrected chi connectivity index (χ2v) is 5.25. The third kappa shape index (κ3) is 8.60. The summed E-state index contributed by atoms with van der Waals surface area (Å²) in [5, 5.41) is 6.48. The molecule has 0 bridgehead atoms. The Balaban J connectivity index is 2.26. The number of alkyl halides is 3. The van der Waals surface area contributed by atoms with E-state index >= 15 is 0 Å². The average Bonchev–Trinajstić information content (AvgIpc) is 2.85. The van der Waals surface area contributed by atoms with Gasteiger partial charge in [0.25, 0.3) is 0 Å². The van der Waals surface area contributed by atoms with Crippen LogP contribution in [0.25, 0.3) is 0 Å². The van der Waals surface area contributed by atoms with E-state index in [4.69, 9.17) is 0 Å². The predicted molar refractivity (Wildman–Crippen MR) is 79.4 cm³/mol. The minimum atomic E-state index is -4.13. The molecule has 0 atom stereocenters. The third-order valence-electron chi connectivity index (χ3n) is 3.11. The summed E-state index contributed by atoms with van der Waals surface area (Å²) in [4.78, 5) is 5.68. The maximum atomic E-state index is 12.2. The van der Waals surface area contributed by atoms with Crippen LogP contribution >= 0.6 is 0 Å². The van der Waals surface area contributed by atoms with Crippen LogP contribution in [0.3, 0.4) is 0 Å². The monoisotopic (exact) mass is 306 g/mol. The van der Waals surface area contributed by atoms with Crippen molar-refractivity contribution in [3.63, 3.8) is 0 Å². The van der Waals surface area contributed by atoms with Gasteiger partial charge in [-0.15, -0.1) is 0 Å². The quantitative estimate of drug-likeness (QED) is 0.328. The van der Waals surface area contributed by atoms with Gasteiger partial charge < -0.3 is 10.6 Å². The molecule has 1 rings (SSSR count). The topological polar surface area (TPSA) is 39.7 Å². The Kier molecular flexibility index (Phi) is 7.56. The summed E-state index contributed by atoms with van der Waals surface area (Å²) in [6, 6.07) is 0.371. The van der Waals surface area contributed by atoms with Gasteiger partial charge in [-0.3, -0.25) is 9.89 Å². The van der Waals surface area contributed by atoms with Gasteiger partial charge in [0, 0.05) is 19.1 Å². The third-order valence-corrected chi connectivity index (χ3v) is 3.11. The smallest absolute Gasteiger partial charge is 0.357 e. The molecule has 0 aliphatic heterocycles. The molecule has 0 unspecified atom stereocenters. The lowest BCUT2D eigenvalue weighted by Gasteiger charge is -2.18. The maximum absolute atomic E-state index is 12.2. The molecule has 0 fully saturated rings. The first kappa shape index (κ1) is 17.8. The summed E-state index contributed by atoms with van der Waals surface area (Å²) in [5.74, 6) is 0.740. The number of aliphatic imine (C=N–C) groups is 1. The van der Waals surface area contributed by atoms with Crippen molar-refractivity contribution >= 4 is 5.96 Å². The van der Waals surface area contributed by atoms with Gasteiger partial charge in [-0.2, -0.15) is 13.2 Å². The Labute approximate surface area is 124 Å². The molecule has 0 spiro atoms. The molecule has 0 aromatic rings. The van der Waals surface area contributed by atoms with Crippen molar-refractivity contribution < 1.29 is 13.2 Å². The van der Waals surface area contributed by atoms with Crippen molar-refractivity contribution in [1.82, 2.24) is 15.5 Å². The van der Waals surface area contributed by atoms with E-state index in [1.165, 1.54) is 11.9 Å². The van der Waals surface area contributed by atoms with Gasteiger partial charge in [0.05, 0.1) is 6.54 Å². The van der Waals surface area contributed by atoms with Crippen molar-refractivity contribution in [1.29, 1.82) is 0 Å². The number of hydrogen-bond acceptors (Lipinski definition) is 2. The molecule has 1 aliphatic carbocycles. The minimum Gasteiger partial charge on any atom is -0.357 e. The van der Waals surface area contributed by atoms with E-state index in [0.717, 1.165) is 25.3 Å². The Bertz CT molecular complexity index is 345. The first-order valence-electron chi connectivity index (χ1n) is 7.36. The first-order chi connectivity index (χ1) is 9.90. The van der Waals surface area contributed by atoms with Crippen molar-refractivity contribution in [2.24, 2.45) is 4.99 Å². The van der Waals surface area contributed by atoms with E-state index < -0.39 is 12.7 Å². The standard InChI is InChI=1S/C14H25F3N4/c1-3-18-13(20-12-7-4-5-8-12)19-9-6-10-21(2)11-14(15,16)17/h4-5,12H,3,6-11H2,1-2H3,(H2,18,19,20). The predicted octanol–water partition coefficient (Wildman–Crippen LogP) is 2.14. The zero-order valence-corrected chi connectivity index (χ0v) is 12.7. The summed E-state index contributed by atoms with van der Waals surface area (Å²) in [5.41, 5.74) is 0. The summed E-state index contributed by atoms with van der Waals surface area (Å²) in [6.45, 7) is 2.77. The Morgan fingerprint density at radius 1 is 1.33 bits per heavy atom. The van der Waals surface area contributed by atoms with Crippen LogP contribution in [0.5, 0.6) is 0 Å². The molecule has 21 heavy (non-hydrogen) atoms. The fourth-order valence-corrected chi connectivity index (χ4v) is 2.17. The fraction of sp³-hybridized carbons (Fsp3) is 0.786. The van der Waals surface area contributed by atoms with Crippen LogP contribution in [0.2, 0.25) is 0 Å². The highest BCUT2D eigenvalue weighted by Crippen LogP contribution is 2.15. The lowest BCUT2D eigenvalue weighted by atomic mass is 10.2. The van der Waals surface area contributed by atoms with Crippen LogP contribution in [-0.4, -0.2) is 56.3 Å². The van der Waals surface area contributed by atoms with Crippen molar-refractivity contribution in [3.8, 4) is 0 Å². The second-order valence-electron chi connectivity index (χ2n) is 5.25. The molecule has 1 aliphatic rings. The molecular formula is C14H25F3N4. The van der Waals surface area contributed by atoms with Crippen LogP contribution in [0.1, 0.15) is 26.2 Å². The van der Waals surface area contributed by atoms with E-state index in [-0.39, 0.29) is 0 Å². The fourth-order valence-electron chi connectivity index (χ4n) is 2.17. The van der Waals surface area contributed by atoms with Crippen LogP contribution in [0.4, 0.5) is 13.2 Å². The molecule has 2 N–H and O–H groups in total. The van der Waals surface area contributed by atoms with Gasteiger partial charge in [-0.25, -0.2) is 0 Å². The van der Waals surface area contributed by atoms with Gasteiger partial charge in [0.1, 0.15) is 0 Å². The zero-order valence-electron chi connectivity index (χ0n) is 12.7. The Morgan fingerprint density at radius 3 is 2.57 bits per heavy atom. The molecule has 7 heteroatoms. The number of nitrogens with zero attached hydrogens (tertiary/aromatic N) is 2. The number of hydrogen-bond donors (Lipinski definition) is 2. The Morgan fingerprint density at radius 2 is 2.00 bits per heavy atom. The molecule has 4 nitrogen and oxygen atoms in total. The van der Waals surface area contributed by atoms with Gasteiger partial charge in [0.15, 0.2) is 5.96 Å². The van der Waals surface area contributed by atoms with Crippen molar-refractivity contribution in [2.75, 3.05) is 33.2 Å². The number of rotatable bonds is 7. The lowest BCUT2D eigenvalue weighted by Crippen LogP contribution is -2.42. The van der Waals surface area contributed by atoms with Crippen LogP contribution in [-0.2, 0) is 0 Å². The van der Waals surface area contributed by atoms with Crippen molar-refractivity contribution in [3.05, 3.63) is 12.2 Å². The number of nitrogens with one attached hydrogen (secondary N) is 2. The second kappa shape index (κ2) is 8.92. The minimum absolute atomic E-state index is 0.371. The highest BCUT2D eigenvalue weighted by Gasteiger charge is 2.28. The Hall–Kier alpha value is -1.24. The molecular weight excluding hydrogens is 281 g/mol. The van der Waals surface area contributed by atoms with Crippen LogP contribution < -0.4 is 10.6 Å². The SMILES string of the molecule is CCNC(=NCCCN(C)CC(F)(F)F)NC1CC=CC1. The van der Waals surface area contributed by atoms with E-state index in [2.05, 4.69) is 27.8 Å². The van der Waals surface area contributed by atoms with Gasteiger partial charge in [-0.05, 0) is 39.8 Å². The number of guanidine groups is 1. The van der Waals surface area contributed by atoms with Crippen LogP contribution in [0, 0.1) is 0 Å². The summed E-state index contributed by atoms with van der Waals surface area (Å²) >= 11 is 0. The normalized spacial score (nSPS) is 16.8. The molecule has 0 heterocycles. The molecule has 0 saturated heterocycles. The maximum Gasteiger partial charge on any atom is 0.401 e. The van der Waals surface area contributed by atoms with Gasteiger partial charge >= 0.3 is 6.18 Å². The first-order valence-corrected chi connectivity index (χ1v) is 7.36. The molecule has 122 valence electrons.